The van der Waals surface area contributed by atoms with E-state index in [4.69, 9.17) is 14.2 Å². The lowest BCUT2D eigenvalue weighted by molar-refractivity contribution is 0.171. The van der Waals surface area contributed by atoms with Gasteiger partial charge in [0.15, 0.2) is 23.1 Å². The molecule has 4 nitrogen and oxygen atoms in total. The maximum Gasteiger partial charge on any atom is 0.231 e. The summed E-state index contributed by atoms with van der Waals surface area (Å²) in [6, 6.07) is 1.54. The summed E-state index contributed by atoms with van der Waals surface area (Å²) in [4.78, 5) is 0. The smallest absolute Gasteiger partial charge is 0.231 e. The van der Waals surface area contributed by atoms with Crippen molar-refractivity contribution in [2.45, 2.75) is 25.3 Å². The molecule has 1 fully saturated rings. The summed E-state index contributed by atoms with van der Waals surface area (Å²) in [5.41, 5.74) is 0.100. The van der Waals surface area contributed by atoms with Crippen molar-refractivity contribution in [2.24, 2.45) is 0 Å². The van der Waals surface area contributed by atoms with E-state index in [1.807, 2.05) is 6.92 Å². The third kappa shape index (κ3) is 1.54. The molecular formula is C13H16FNO3. The first kappa shape index (κ1) is 11.6. The van der Waals surface area contributed by atoms with Crippen LogP contribution >= 0.6 is 0 Å². The van der Waals surface area contributed by atoms with E-state index in [-0.39, 0.29) is 18.4 Å². The van der Waals surface area contributed by atoms with Crippen LogP contribution in [0.4, 0.5) is 4.39 Å². The fourth-order valence-corrected chi connectivity index (χ4v) is 2.75. The highest BCUT2D eigenvalue weighted by Gasteiger charge is 2.39. The maximum atomic E-state index is 14.5. The minimum Gasteiger partial charge on any atom is -0.494 e. The summed E-state index contributed by atoms with van der Waals surface area (Å²) < 4.78 is 30.4. The van der Waals surface area contributed by atoms with Crippen LogP contribution in [0.3, 0.4) is 0 Å². The molecule has 1 unspecified atom stereocenters. The summed E-state index contributed by atoms with van der Waals surface area (Å²) in [5.74, 6) is 0.895. The molecule has 5 heteroatoms. The number of fused-ring (bicyclic) bond motifs is 1. The number of benzene rings is 1. The van der Waals surface area contributed by atoms with Gasteiger partial charge in [-0.2, -0.15) is 0 Å². The number of nitrogens with one attached hydrogen (secondary N) is 1. The highest BCUT2D eigenvalue weighted by molar-refractivity contribution is 5.56. The number of rotatable bonds is 2. The molecule has 0 aromatic heterocycles. The summed E-state index contributed by atoms with van der Waals surface area (Å²) in [6.07, 6.45) is 1.88. The predicted octanol–water partition coefficient (Wildman–Crippen LogP) is 2.16. The number of ether oxygens (including phenoxy) is 3. The van der Waals surface area contributed by atoms with Gasteiger partial charge in [-0.15, -0.1) is 0 Å². The molecule has 0 bridgehead atoms. The van der Waals surface area contributed by atoms with Crippen molar-refractivity contribution >= 4 is 0 Å². The Labute approximate surface area is 105 Å². The highest BCUT2D eigenvalue weighted by Crippen LogP contribution is 2.48. The molecule has 0 aliphatic carbocycles. The topological polar surface area (TPSA) is 39.7 Å². The number of halogens is 1. The zero-order valence-electron chi connectivity index (χ0n) is 10.5. The lowest BCUT2D eigenvalue weighted by atomic mass is 9.88. The van der Waals surface area contributed by atoms with Gasteiger partial charge in [-0.1, -0.05) is 0 Å². The van der Waals surface area contributed by atoms with E-state index in [1.54, 1.807) is 6.07 Å². The third-order valence-electron chi connectivity index (χ3n) is 3.71. The van der Waals surface area contributed by atoms with Gasteiger partial charge >= 0.3 is 0 Å². The van der Waals surface area contributed by atoms with Crippen LogP contribution in [0.15, 0.2) is 6.07 Å². The predicted molar refractivity (Wildman–Crippen MR) is 63.7 cm³/mol. The summed E-state index contributed by atoms with van der Waals surface area (Å²) in [5, 5.41) is 3.34. The van der Waals surface area contributed by atoms with Gasteiger partial charge in [-0.25, -0.2) is 4.39 Å². The van der Waals surface area contributed by atoms with Crippen LogP contribution in [0.5, 0.6) is 17.2 Å². The van der Waals surface area contributed by atoms with Crippen molar-refractivity contribution < 1.29 is 18.6 Å². The van der Waals surface area contributed by atoms with E-state index in [2.05, 4.69) is 5.32 Å². The molecule has 1 N–H and O–H groups in total. The van der Waals surface area contributed by atoms with Crippen LogP contribution < -0.4 is 19.5 Å². The van der Waals surface area contributed by atoms with Crippen LogP contribution in [0.1, 0.15) is 25.3 Å². The van der Waals surface area contributed by atoms with E-state index >= 15 is 0 Å². The van der Waals surface area contributed by atoms with Gasteiger partial charge in [0.2, 0.25) is 6.79 Å². The van der Waals surface area contributed by atoms with E-state index in [0.29, 0.717) is 17.1 Å². The van der Waals surface area contributed by atoms with Crippen molar-refractivity contribution in [3.05, 3.63) is 17.4 Å². The fraction of sp³-hybridized carbons (Fsp3) is 0.538. The van der Waals surface area contributed by atoms with Crippen LogP contribution in [-0.4, -0.2) is 20.4 Å². The average molecular weight is 253 g/mol. The first-order valence-electron chi connectivity index (χ1n) is 6.07. The minimum atomic E-state index is -0.420. The average Bonchev–Trinajstić information content (AvgIpc) is 2.97. The molecule has 1 aromatic carbocycles. The Morgan fingerprint density at radius 1 is 1.44 bits per heavy atom. The van der Waals surface area contributed by atoms with Gasteiger partial charge in [0.25, 0.3) is 0 Å². The summed E-state index contributed by atoms with van der Waals surface area (Å²) in [6.45, 7) is 2.99. The molecule has 2 heterocycles. The Hall–Kier alpha value is -1.49. The van der Waals surface area contributed by atoms with Crippen LogP contribution in [0, 0.1) is 5.82 Å². The molecule has 0 amide bonds. The normalized spacial score (nSPS) is 25.5. The highest BCUT2D eigenvalue weighted by atomic mass is 19.1. The fourth-order valence-electron chi connectivity index (χ4n) is 2.75. The van der Waals surface area contributed by atoms with Crippen molar-refractivity contribution in [1.29, 1.82) is 0 Å². The van der Waals surface area contributed by atoms with Crippen molar-refractivity contribution in [3.8, 4) is 17.2 Å². The maximum absolute atomic E-state index is 14.5. The van der Waals surface area contributed by atoms with Crippen molar-refractivity contribution in [3.63, 3.8) is 0 Å². The Bertz CT molecular complexity index is 483. The number of methoxy groups -OCH3 is 1. The molecule has 2 aliphatic heterocycles. The third-order valence-corrected chi connectivity index (χ3v) is 3.71. The molecule has 1 atom stereocenters. The molecular weight excluding hydrogens is 237 g/mol. The van der Waals surface area contributed by atoms with E-state index in [9.17, 15) is 4.39 Å². The molecule has 2 aliphatic rings. The Morgan fingerprint density at radius 2 is 2.28 bits per heavy atom. The lowest BCUT2D eigenvalue weighted by Crippen LogP contribution is -2.34. The SMILES string of the molecule is COc1cc2c(c(C3(C)CCCN3)c1F)OCO2. The van der Waals surface area contributed by atoms with Crippen molar-refractivity contribution in [1.82, 2.24) is 5.32 Å². The first-order chi connectivity index (χ1) is 8.65. The summed E-state index contributed by atoms with van der Waals surface area (Å²) in [7, 11) is 1.45. The first-order valence-corrected chi connectivity index (χ1v) is 6.07. The van der Waals surface area contributed by atoms with Gasteiger partial charge < -0.3 is 19.5 Å². The lowest BCUT2D eigenvalue weighted by Gasteiger charge is -2.27. The van der Waals surface area contributed by atoms with E-state index in [0.717, 1.165) is 19.4 Å². The zero-order valence-corrected chi connectivity index (χ0v) is 10.5. The van der Waals surface area contributed by atoms with Gasteiger partial charge in [0, 0.05) is 11.6 Å². The second-order valence-electron chi connectivity index (χ2n) is 4.86. The minimum absolute atomic E-state index is 0.130. The molecule has 1 saturated heterocycles. The van der Waals surface area contributed by atoms with Gasteiger partial charge in [-0.3, -0.25) is 0 Å². The largest absolute Gasteiger partial charge is 0.494 e. The number of hydrogen-bond acceptors (Lipinski definition) is 4. The molecule has 0 radical (unpaired) electrons. The van der Waals surface area contributed by atoms with Gasteiger partial charge in [0.1, 0.15) is 0 Å². The van der Waals surface area contributed by atoms with E-state index in [1.165, 1.54) is 7.11 Å². The zero-order chi connectivity index (χ0) is 12.8. The quantitative estimate of drug-likeness (QED) is 0.876. The Balaban J connectivity index is 2.20. The second-order valence-corrected chi connectivity index (χ2v) is 4.86. The molecule has 18 heavy (non-hydrogen) atoms. The molecule has 98 valence electrons. The Kier molecular flexibility index (Phi) is 2.59. The van der Waals surface area contributed by atoms with Crippen LogP contribution in [-0.2, 0) is 5.54 Å². The number of hydrogen-bond donors (Lipinski definition) is 1. The standard InChI is InChI=1S/C13H16FNO3/c1-13(4-3-5-15-13)10-11(14)8(16-2)6-9-12(10)18-7-17-9/h6,15H,3-5,7H2,1-2H3. The second kappa shape index (κ2) is 4.02. The molecule has 3 rings (SSSR count). The van der Waals surface area contributed by atoms with Gasteiger partial charge in [-0.05, 0) is 26.3 Å². The van der Waals surface area contributed by atoms with Crippen molar-refractivity contribution in [2.75, 3.05) is 20.4 Å². The van der Waals surface area contributed by atoms with Gasteiger partial charge in [0.05, 0.1) is 12.7 Å². The molecule has 0 saturated carbocycles. The van der Waals surface area contributed by atoms with E-state index < -0.39 is 5.54 Å². The van der Waals surface area contributed by atoms with Crippen LogP contribution in [0.2, 0.25) is 0 Å². The Morgan fingerprint density at radius 3 is 2.94 bits per heavy atom. The van der Waals surface area contributed by atoms with Crippen LogP contribution in [0.25, 0.3) is 0 Å². The molecule has 0 spiro atoms. The summed E-state index contributed by atoms with van der Waals surface area (Å²) >= 11 is 0. The molecule has 1 aromatic rings. The monoisotopic (exact) mass is 253 g/mol.